The number of aryl methyl sites for hydroxylation is 1. The van der Waals surface area contributed by atoms with Crippen molar-refractivity contribution in [3.8, 4) is 11.5 Å². The van der Waals surface area contributed by atoms with Gasteiger partial charge in [0.15, 0.2) is 0 Å². The highest BCUT2D eigenvalue weighted by Crippen LogP contribution is 2.35. The Labute approximate surface area is 199 Å². The number of aromatic nitrogens is 2. The molecule has 2 aromatic heterocycles. The second-order valence-corrected chi connectivity index (χ2v) is 8.95. The number of carbonyl (C=O) groups excluding carboxylic acids is 1. The Kier molecular flexibility index (Phi) is 6.45. The van der Waals surface area contributed by atoms with Crippen LogP contribution < -0.4 is 9.47 Å². The molecular weight excluding hydrogens is 430 g/mol. The number of benzene rings is 2. The number of ether oxygens (including phenoxy) is 3. The molecule has 4 aromatic rings. The molecule has 2 aromatic carbocycles. The van der Waals surface area contributed by atoms with Crippen LogP contribution in [0.3, 0.4) is 0 Å². The Bertz CT molecular complexity index is 1280. The van der Waals surface area contributed by atoms with E-state index in [1.54, 1.807) is 13.2 Å². The largest absolute Gasteiger partial charge is 0.513 e. The summed E-state index contributed by atoms with van der Waals surface area (Å²) < 4.78 is 15.2. The molecule has 1 saturated heterocycles. The summed E-state index contributed by atoms with van der Waals surface area (Å²) in [7, 11) is 3.02. The number of carbonyl (C=O) groups is 1. The maximum absolute atomic E-state index is 11.5. The number of methoxy groups -OCH3 is 2. The molecule has 0 atom stereocenters. The monoisotopic (exact) mass is 461 g/mol. The van der Waals surface area contributed by atoms with Gasteiger partial charge in [-0.15, -0.1) is 0 Å². The SMILES string of the molecule is COC(=O)Oc1ccc2[nH]cc(C3CCN(CCCc4c[nH]c5ccc(OC)cc45)CC3)c2c1. The first-order valence-corrected chi connectivity index (χ1v) is 11.9. The molecule has 3 heterocycles. The Morgan fingerprint density at radius 2 is 1.68 bits per heavy atom. The van der Waals surface area contributed by atoms with E-state index < -0.39 is 6.16 Å². The van der Waals surface area contributed by atoms with Crippen molar-refractivity contribution < 1.29 is 19.0 Å². The Hall–Kier alpha value is -3.45. The summed E-state index contributed by atoms with van der Waals surface area (Å²) in [6.45, 7) is 3.29. The number of rotatable bonds is 7. The van der Waals surface area contributed by atoms with Crippen molar-refractivity contribution >= 4 is 28.0 Å². The summed E-state index contributed by atoms with van der Waals surface area (Å²) in [5, 5.41) is 2.38. The maximum Gasteiger partial charge on any atom is 0.513 e. The molecule has 0 bridgehead atoms. The minimum absolute atomic E-state index is 0.499. The molecule has 5 rings (SSSR count). The van der Waals surface area contributed by atoms with Gasteiger partial charge >= 0.3 is 6.16 Å². The summed E-state index contributed by atoms with van der Waals surface area (Å²) >= 11 is 0. The fourth-order valence-electron chi connectivity index (χ4n) is 5.11. The van der Waals surface area contributed by atoms with Gasteiger partial charge in [0.05, 0.1) is 14.2 Å². The Morgan fingerprint density at radius 3 is 2.44 bits per heavy atom. The van der Waals surface area contributed by atoms with Gasteiger partial charge in [0, 0.05) is 34.2 Å². The van der Waals surface area contributed by atoms with Gasteiger partial charge in [0.1, 0.15) is 11.5 Å². The van der Waals surface area contributed by atoms with E-state index in [4.69, 9.17) is 9.47 Å². The second kappa shape index (κ2) is 9.81. The quantitative estimate of drug-likeness (QED) is 0.276. The molecular formula is C27H31N3O4. The zero-order chi connectivity index (χ0) is 23.5. The lowest BCUT2D eigenvalue weighted by atomic mass is 9.89. The molecule has 0 amide bonds. The van der Waals surface area contributed by atoms with Crippen LogP contribution in [0.2, 0.25) is 0 Å². The van der Waals surface area contributed by atoms with Crippen LogP contribution in [0, 0.1) is 0 Å². The average Bonchev–Trinajstić information content (AvgIpc) is 3.48. The van der Waals surface area contributed by atoms with E-state index in [1.807, 2.05) is 18.2 Å². The van der Waals surface area contributed by atoms with E-state index in [9.17, 15) is 4.79 Å². The zero-order valence-corrected chi connectivity index (χ0v) is 19.7. The number of aromatic amines is 2. The van der Waals surface area contributed by atoms with Gasteiger partial charge in [0.2, 0.25) is 0 Å². The molecule has 1 aliphatic rings. The predicted molar refractivity (Wildman–Crippen MR) is 133 cm³/mol. The lowest BCUT2D eigenvalue weighted by molar-refractivity contribution is 0.121. The number of hydrogen-bond donors (Lipinski definition) is 2. The average molecular weight is 462 g/mol. The minimum atomic E-state index is -0.698. The van der Waals surface area contributed by atoms with Crippen LogP contribution in [-0.2, 0) is 11.2 Å². The third-order valence-electron chi connectivity index (χ3n) is 6.98. The number of piperidine rings is 1. The molecule has 0 spiro atoms. The Morgan fingerprint density at radius 1 is 0.971 bits per heavy atom. The normalized spacial score (nSPS) is 15.1. The van der Waals surface area contributed by atoms with Gasteiger partial charge in [-0.25, -0.2) is 4.79 Å². The second-order valence-electron chi connectivity index (χ2n) is 8.95. The van der Waals surface area contributed by atoms with Gasteiger partial charge in [-0.05, 0) is 98.8 Å². The number of nitrogens with zero attached hydrogens (tertiary/aromatic N) is 1. The zero-order valence-electron chi connectivity index (χ0n) is 19.7. The fraction of sp³-hybridized carbons (Fsp3) is 0.370. The molecule has 1 fully saturated rings. The van der Waals surface area contributed by atoms with Gasteiger partial charge in [-0.1, -0.05) is 0 Å². The number of H-pyrrole nitrogens is 2. The van der Waals surface area contributed by atoms with E-state index in [2.05, 4.69) is 44.1 Å². The van der Waals surface area contributed by atoms with Crippen molar-refractivity contribution in [3.05, 3.63) is 59.9 Å². The number of fused-ring (bicyclic) bond motifs is 2. The van der Waals surface area contributed by atoms with E-state index in [0.29, 0.717) is 11.7 Å². The third-order valence-corrected chi connectivity index (χ3v) is 6.98. The van der Waals surface area contributed by atoms with Crippen LogP contribution in [-0.4, -0.2) is 54.9 Å². The van der Waals surface area contributed by atoms with Crippen molar-refractivity contribution in [2.45, 2.75) is 31.6 Å². The molecule has 178 valence electrons. The number of hydrogen-bond acceptors (Lipinski definition) is 5. The predicted octanol–water partition coefficient (Wildman–Crippen LogP) is 5.62. The molecule has 34 heavy (non-hydrogen) atoms. The molecule has 0 aliphatic carbocycles. The number of nitrogens with one attached hydrogen (secondary N) is 2. The first-order chi connectivity index (χ1) is 16.6. The topological polar surface area (TPSA) is 79.6 Å². The molecule has 7 nitrogen and oxygen atoms in total. The lowest BCUT2D eigenvalue weighted by Gasteiger charge is -2.32. The molecule has 0 radical (unpaired) electrons. The molecule has 0 saturated carbocycles. The van der Waals surface area contributed by atoms with Crippen molar-refractivity contribution in [1.82, 2.24) is 14.9 Å². The Balaban J connectivity index is 1.17. The lowest BCUT2D eigenvalue weighted by Crippen LogP contribution is -2.33. The van der Waals surface area contributed by atoms with E-state index in [0.717, 1.165) is 67.5 Å². The molecule has 1 aliphatic heterocycles. The summed E-state index contributed by atoms with van der Waals surface area (Å²) in [5.41, 5.74) is 4.88. The van der Waals surface area contributed by atoms with Crippen molar-refractivity contribution in [2.75, 3.05) is 33.9 Å². The molecule has 2 N–H and O–H groups in total. The summed E-state index contributed by atoms with van der Waals surface area (Å²) in [6, 6.07) is 11.9. The van der Waals surface area contributed by atoms with Gasteiger partial charge in [-0.3, -0.25) is 0 Å². The number of likely N-dealkylation sites (tertiary alicyclic amines) is 1. The first-order valence-electron chi connectivity index (χ1n) is 11.9. The van der Waals surface area contributed by atoms with Crippen LogP contribution in [0.5, 0.6) is 11.5 Å². The smallest absolute Gasteiger partial charge is 0.497 e. The van der Waals surface area contributed by atoms with Gasteiger partial charge in [0.25, 0.3) is 0 Å². The van der Waals surface area contributed by atoms with Crippen molar-refractivity contribution in [1.29, 1.82) is 0 Å². The van der Waals surface area contributed by atoms with Crippen LogP contribution in [0.15, 0.2) is 48.8 Å². The maximum atomic E-state index is 11.5. The van der Waals surface area contributed by atoms with E-state index in [1.165, 1.54) is 23.6 Å². The summed E-state index contributed by atoms with van der Waals surface area (Å²) in [5.74, 6) is 1.91. The highest BCUT2D eigenvalue weighted by atomic mass is 16.7. The first kappa shape index (κ1) is 22.3. The fourth-order valence-corrected chi connectivity index (χ4v) is 5.11. The van der Waals surface area contributed by atoms with E-state index in [-0.39, 0.29) is 0 Å². The van der Waals surface area contributed by atoms with E-state index >= 15 is 0 Å². The van der Waals surface area contributed by atoms with Gasteiger partial charge < -0.3 is 29.1 Å². The van der Waals surface area contributed by atoms with Crippen molar-refractivity contribution in [2.24, 2.45) is 0 Å². The molecule has 0 unspecified atom stereocenters. The third kappa shape index (κ3) is 4.61. The van der Waals surface area contributed by atoms with Crippen LogP contribution >= 0.6 is 0 Å². The van der Waals surface area contributed by atoms with Crippen LogP contribution in [0.4, 0.5) is 4.79 Å². The van der Waals surface area contributed by atoms with Crippen LogP contribution in [0.1, 0.15) is 36.3 Å². The highest BCUT2D eigenvalue weighted by molar-refractivity contribution is 5.86. The summed E-state index contributed by atoms with van der Waals surface area (Å²) in [4.78, 5) is 20.8. The van der Waals surface area contributed by atoms with Gasteiger partial charge in [-0.2, -0.15) is 0 Å². The molecule has 7 heteroatoms. The standard InChI is InChI=1S/C27H31N3O4/c1-32-20-5-7-25-22(14-20)19(16-28-25)4-3-11-30-12-9-18(10-13-30)24-17-29-26-8-6-21(15-23(24)26)34-27(31)33-2/h5-8,14-18,28-29H,3-4,9-13H2,1-2H3. The van der Waals surface area contributed by atoms with Crippen LogP contribution in [0.25, 0.3) is 21.8 Å². The summed E-state index contributed by atoms with van der Waals surface area (Å²) in [6.07, 6.45) is 7.98. The van der Waals surface area contributed by atoms with Crippen molar-refractivity contribution in [3.63, 3.8) is 0 Å². The highest BCUT2D eigenvalue weighted by Gasteiger charge is 2.23. The minimum Gasteiger partial charge on any atom is -0.497 e.